The third-order valence-corrected chi connectivity index (χ3v) is 9.59. The van der Waals surface area contributed by atoms with Crippen molar-refractivity contribution in [2.45, 2.75) is 0 Å². The Hall–Kier alpha value is -6.46. The van der Waals surface area contributed by atoms with Crippen LogP contribution in [0.1, 0.15) is 0 Å². The van der Waals surface area contributed by atoms with Crippen LogP contribution in [0, 0.1) is 0 Å². The molecular weight excluding hydrogens is 578 g/mol. The van der Waals surface area contributed by atoms with Crippen LogP contribution < -0.4 is 0 Å². The summed E-state index contributed by atoms with van der Waals surface area (Å²) in [4.78, 5) is 10.6. The summed E-state index contributed by atoms with van der Waals surface area (Å²) in [5.41, 5.74) is 8.16. The second kappa shape index (κ2) is 9.05. The Morgan fingerprint density at radius 2 is 1.09 bits per heavy atom. The van der Waals surface area contributed by atoms with Gasteiger partial charge in [-0.15, -0.1) is 0 Å². The second-order valence-electron chi connectivity index (χ2n) is 12.1. The molecule has 0 N–H and O–H groups in total. The van der Waals surface area contributed by atoms with E-state index in [-0.39, 0.29) is 0 Å². The molecule has 0 saturated heterocycles. The van der Waals surface area contributed by atoms with Gasteiger partial charge < -0.3 is 8.83 Å². The zero-order valence-electron chi connectivity index (χ0n) is 24.9. The number of benzene rings is 7. The van der Waals surface area contributed by atoms with Crippen molar-refractivity contribution in [2.24, 2.45) is 0 Å². The van der Waals surface area contributed by atoms with Crippen molar-refractivity contribution in [2.75, 3.05) is 0 Å². The number of furan rings is 2. The third-order valence-electron chi connectivity index (χ3n) is 9.59. The molecule has 0 amide bonds. The van der Waals surface area contributed by atoms with E-state index in [0.29, 0.717) is 5.95 Å². The Labute approximate surface area is 266 Å². The van der Waals surface area contributed by atoms with Gasteiger partial charge in [-0.2, -0.15) is 0 Å². The first kappa shape index (κ1) is 24.8. The summed E-state index contributed by atoms with van der Waals surface area (Å²) >= 11 is 0. The van der Waals surface area contributed by atoms with E-state index in [9.17, 15) is 0 Å². The van der Waals surface area contributed by atoms with Gasteiger partial charge in [0.15, 0.2) is 5.58 Å². The molecule has 4 heterocycles. The first-order valence-corrected chi connectivity index (χ1v) is 15.8. The molecule has 0 bridgehead atoms. The maximum absolute atomic E-state index is 6.90. The lowest BCUT2D eigenvalue weighted by molar-refractivity contribution is 0.669. The van der Waals surface area contributed by atoms with E-state index >= 15 is 0 Å². The van der Waals surface area contributed by atoms with Gasteiger partial charge in [-0.1, -0.05) is 103 Å². The van der Waals surface area contributed by atoms with E-state index in [4.69, 9.17) is 18.8 Å². The van der Waals surface area contributed by atoms with E-state index in [0.717, 1.165) is 98.6 Å². The van der Waals surface area contributed by atoms with Crippen molar-refractivity contribution in [3.8, 4) is 17.2 Å². The quantitative estimate of drug-likeness (QED) is 0.198. The minimum absolute atomic E-state index is 0.602. The van der Waals surface area contributed by atoms with Gasteiger partial charge in [0.25, 0.3) is 0 Å². The zero-order valence-corrected chi connectivity index (χ0v) is 24.9. The molecule has 0 aliphatic carbocycles. The summed E-state index contributed by atoms with van der Waals surface area (Å²) < 4.78 is 15.5. The lowest BCUT2D eigenvalue weighted by atomic mass is 9.95. The van der Waals surface area contributed by atoms with Gasteiger partial charge in [0.2, 0.25) is 5.95 Å². The number of hydrogen-bond acceptors (Lipinski definition) is 4. The van der Waals surface area contributed by atoms with Crippen LogP contribution in [0.25, 0.3) is 105 Å². The molecule has 0 fully saturated rings. The van der Waals surface area contributed by atoms with Gasteiger partial charge in [-0.25, -0.2) is 9.97 Å². The summed E-state index contributed by atoms with van der Waals surface area (Å²) in [6, 6.07) is 48.0. The van der Waals surface area contributed by atoms with E-state index in [2.05, 4.69) is 102 Å². The van der Waals surface area contributed by atoms with Crippen molar-refractivity contribution in [1.29, 1.82) is 0 Å². The van der Waals surface area contributed by atoms with Gasteiger partial charge in [-0.05, 0) is 41.8 Å². The maximum atomic E-state index is 6.90. The Morgan fingerprint density at radius 3 is 1.91 bits per heavy atom. The predicted molar refractivity (Wildman–Crippen MR) is 191 cm³/mol. The molecule has 0 spiro atoms. The largest absolute Gasteiger partial charge is 0.456 e. The summed E-state index contributed by atoms with van der Waals surface area (Å²) in [6.45, 7) is 0. The fourth-order valence-corrected chi connectivity index (χ4v) is 7.66. The molecule has 0 aliphatic heterocycles. The van der Waals surface area contributed by atoms with Crippen LogP contribution in [-0.2, 0) is 0 Å². The highest BCUT2D eigenvalue weighted by molar-refractivity contribution is 6.40. The van der Waals surface area contributed by atoms with E-state index in [1.807, 2.05) is 42.5 Å². The molecule has 11 rings (SSSR count). The lowest BCUT2D eigenvalue weighted by Crippen LogP contribution is -2.03. The van der Waals surface area contributed by atoms with Crippen molar-refractivity contribution in [3.05, 3.63) is 140 Å². The molecule has 0 atom stereocenters. The van der Waals surface area contributed by atoms with Crippen LogP contribution in [0.2, 0.25) is 0 Å². The molecular formula is C42H23N3O2. The fourth-order valence-electron chi connectivity index (χ4n) is 7.66. The molecule has 0 aliphatic rings. The minimum atomic E-state index is 0.602. The monoisotopic (exact) mass is 601 g/mol. The Bertz CT molecular complexity index is 3070. The number of hydrogen-bond donors (Lipinski definition) is 0. The van der Waals surface area contributed by atoms with Crippen LogP contribution in [0.15, 0.2) is 148 Å². The topological polar surface area (TPSA) is 57.0 Å². The Morgan fingerprint density at radius 1 is 0.426 bits per heavy atom. The van der Waals surface area contributed by atoms with E-state index in [1.54, 1.807) is 0 Å². The molecule has 4 aromatic heterocycles. The summed E-state index contributed by atoms with van der Waals surface area (Å²) in [5, 5.41) is 9.81. The maximum Gasteiger partial charge on any atom is 0.235 e. The number of fused-ring (bicyclic) bond motifs is 15. The minimum Gasteiger partial charge on any atom is -0.456 e. The zero-order chi connectivity index (χ0) is 30.6. The van der Waals surface area contributed by atoms with Gasteiger partial charge >= 0.3 is 0 Å². The average molecular weight is 602 g/mol. The molecule has 0 unspecified atom stereocenters. The van der Waals surface area contributed by atoms with Crippen molar-refractivity contribution >= 4 is 87.4 Å². The Kier molecular flexibility index (Phi) is 4.78. The van der Waals surface area contributed by atoms with E-state index < -0.39 is 0 Å². The third kappa shape index (κ3) is 3.27. The number of rotatable bonds is 2. The van der Waals surface area contributed by atoms with E-state index in [1.165, 1.54) is 0 Å². The average Bonchev–Trinajstić information content (AvgIpc) is 3.81. The lowest BCUT2D eigenvalue weighted by Gasteiger charge is -2.12. The van der Waals surface area contributed by atoms with Crippen LogP contribution in [-0.4, -0.2) is 14.5 Å². The summed E-state index contributed by atoms with van der Waals surface area (Å²) in [7, 11) is 0. The van der Waals surface area contributed by atoms with Gasteiger partial charge in [-0.3, -0.25) is 4.57 Å². The highest BCUT2D eigenvalue weighted by Crippen LogP contribution is 2.49. The molecule has 7 aromatic carbocycles. The molecule has 5 nitrogen and oxygen atoms in total. The van der Waals surface area contributed by atoms with Crippen molar-refractivity contribution in [3.63, 3.8) is 0 Å². The SMILES string of the molecule is c1ccc(-c2nc(-n3c4ccccc4c4c5ccc6oc7ccccc7c6c5c5c6ccccc6oc5c43)nc3ccccc23)cc1. The first-order valence-electron chi connectivity index (χ1n) is 15.8. The first-order chi connectivity index (χ1) is 23.3. The van der Waals surface area contributed by atoms with Gasteiger partial charge in [0, 0.05) is 48.7 Å². The standard InChI is InChI=1S/C42H23N3O2/c1-2-12-24(13-3-1)39-25-14-4-8-18-30(25)43-42(44-39)45-31-19-9-5-15-26(31)35-29-22-23-34-36(27-16-6-10-20-32(27)46-34)37(29)38-28-17-7-11-21-33(28)47-41(38)40(35)45/h1-23H. The number of nitrogens with zero attached hydrogens (tertiary/aromatic N) is 3. The smallest absolute Gasteiger partial charge is 0.235 e. The highest BCUT2D eigenvalue weighted by Gasteiger charge is 2.26. The molecule has 218 valence electrons. The van der Waals surface area contributed by atoms with Crippen molar-refractivity contribution < 1.29 is 8.83 Å². The fraction of sp³-hybridized carbons (Fsp3) is 0. The van der Waals surface area contributed by atoms with Crippen molar-refractivity contribution in [1.82, 2.24) is 14.5 Å². The normalized spacial score (nSPS) is 12.3. The molecule has 0 saturated carbocycles. The second-order valence-corrected chi connectivity index (χ2v) is 12.1. The predicted octanol–water partition coefficient (Wildman–Crippen LogP) is 11.3. The molecule has 47 heavy (non-hydrogen) atoms. The summed E-state index contributed by atoms with van der Waals surface area (Å²) in [5.74, 6) is 0.602. The Balaban J connectivity index is 1.41. The number of aromatic nitrogens is 3. The summed E-state index contributed by atoms with van der Waals surface area (Å²) in [6.07, 6.45) is 0. The number of para-hydroxylation sites is 4. The molecule has 11 aromatic rings. The van der Waals surface area contributed by atoms with Crippen LogP contribution >= 0.6 is 0 Å². The molecule has 5 heteroatoms. The molecule has 0 radical (unpaired) electrons. The van der Waals surface area contributed by atoms with Crippen LogP contribution in [0.3, 0.4) is 0 Å². The van der Waals surface area contributed by atoms with Crippen LogP contribution in [0.5, 0.6) is 0 Å². The highest BCUT2D eigenvalue weighted by atomic mass is 16.3. The van der Waals surface area contributed by atoms with Crippen LogP contribution in [0.4, 0.5) is 0 Å². The van der Waals surface area contributed by atoms with Gasteiger partial charge in [0.05, 0.1) is 16.7 Å². The van der Waals surface area contributed by atoms with Gasteiger partial charge in [0.1, 0.15) is 22.3 Å².